The first kappa shape index (κ1) is 23.4. The van der Waals surface area contributed by atoms with Gasteiger partial charge in [-0.15, -0.1) is 11.3 Å². The number of aryl methyl sites for hydroxylation is 1. The Morgan fingerprint density at radius 3 is 2.55 bits per heavy atom. The molecule has 1 aliphatic heterocycles. The van der Waals surface area contributed by atoms with Crippen molar-refractivity contribution in [1.29, 1.82) is 0 Å². The number of hydrogen-bond acceptors (Lipinski definition) is 4. The zero-order valence-corrected chi connectivity index (χ0v) is 20.7. The molecule has 4 nitrogen and oxygen atoms in total. The predicted molar refractivity (Wildman–Crippen MR) is 142 cm³/mol. The van der Waals surface area contributed by atoms with Crippen molar-refractivity contribution in [2.24, 2.45) is 0 Å². The molecule has 0 saturated carbocycles. The second-order valence-corrected chi connectivity index (χ2v) is 9.80. The van der Waals surface area contributed by atoms with E-state index in [1.807, 2.05) is 6.07 Å². The van der Waals surface area contributed by atoms with Gasteiger partial charge < -0.3 is 15.1 Å². The Hall–Kier alpha value is -2.79. The minimum atomic E-state index is 0.0408. The molecule has 1 amide bonds. The van der Waals surface area contributed by atoms with Gasteiger partial charge in [0, 0.05) is 44.0 Å². The molecule has 0 aliphatic carbocycles. The smallest absolute Gasteiger partial charge is 0.261 e. The molecule has 1 aromatic heterocycles. The van der Waals surface area contributed by atoms with Gasteiger partial charge in [0.15, 0.2) is 0 Å². The fraction of sp³-hybridized carbons (Fsp3) is 0.393. The number of carbonyl (C=O) groups excluding carboxylic acids is 1. The van der Waals surface area contributed by atoms with E-state index in [1.165, 1.54) is 46.6 Å². The maximum atomic E-state index is 13.0. The predicted octanol–water partition coefficient (Wildman–Crippen LogP) is 6.36. The normalized spacial score (nSPS) is 13.7. The third-order valence-electron chi connectivity index (χ3n) is 6.30. The average Bonchev–Trinajstić information content (AvgIpc) is 3.31. The molecule has 0 unspecified atom stereocenters. The lowest BCUT2D eigenvalue weighted by molar-refractivity contribution is 0.0957. The summed E-state index contributed by atoms with van der Waals surface area (Å²) in [6, 6.07) is 21.2. The first-order chi connectivity index (χ1) is 16.2. The number of anilines is 2. The van der Waals surface area contributed by atoms with Gasteiger partial charge in [0.05, 0.1) is 9.88 Å². The molecule has 0 radical (unpaired) electrons. The minimum absolute atomic E-state index is 0.0408. The Balaban J connectivity index is 1.40. The molecular formula is C28H35N3OS. The maximum absolute atomic E-state index is 13.0. The molecule has 2 aromatic carbocycles. The number of benzene rings is 2. The second-order valence-electron chi connectivity index (χ2n) is 8.77. The average molecular weight is 462 g/mol. The van der Waals surface area contributed by atoms with Gasteiger partial charge in [-0.3, -0.25) is 4.79 Å². The van der Waals surface area contributed by atoms with Crippen molar-refractivity contribution in [1.82, 2.24) is 5.32 Å². The summed E-state index contributed by atoms with van der Waals surface area (Å²) in [5.74, 6) is 0.0408. The van der Waals surface area contributed by atoms with Crippen LogP contribution in [0.5, 0.6) is 0 Å². The van der Waals surface area contributed by atoms with Crippen LogP contribution in [-0.2, 0) is 0 Å². The monoisotopic (exact) mass is 461 g/mol. The molecular weight excluding hydrogens is 426 g/mol. The Morgan fingerprint density at radius 1 is 1.03 bits per heavy atom. The summed E-state index contributed by atoms with van der Waals surface area (Å²) in [7, 11) is 0. The third-order valence-corrected chi connectivity index (χ3v) is 7.50. The summed E-state index contributed by atoms with van der Waals surface area (Å²) in [6.45, 7) is 9.03. The lowest BCUT2D eigenvalue weighted by Gasteiger charge is -2.28. The van der Waals surface area contributed by atoms with Gasteiger partial charge in [-0.05, 0) is 68.9 Å². The largest absolute Gasteiger partial charge is 0.372 e. The van der Waals surface area contributed by atoms with E-state index >= 15 is 0 Å². The first-order valence-electron chi connectivity index (χ1n) is 12.2. The van der Waals surface area contributed by atoms with Crippen molar-refractivity contribution < 1.29 is 4.79 Å². The molecule has 1 saturated heterocycles. The van der Waals surface area contributed by atoms with E-state index in [0.29, 0.717) is 6.54 Å². The maximum Gasteiger partial charge on any atom is 0.261 e. The van der Waals surface area contributed by atoms with Crippen LogP contribution < -0.4 is 15.1 Å². The number of nitrogens with zero attached hydrogens (tertiary/aromatic N) is 2. The molecule has 0 atom stereocenters. The van der Waals surface area contributed by atoms with Crippen molar-refractivity contribution in [3.63, 3.8) is 0 Å². The molecule has 174 valence electrons. The van der Waals surface area contributed by atoms with E-state index in [2.05, 4.69) is 83.6 Å². The molecule has 33 heavy (non-hydrogen) atoms. The standard InChI is InChI=1S/C28H35N3OS/c1-3-30(24-15-10-12-22(2)20-24)19-11-16-29-27(32)26-21-25(23-13-6-4-7-14-23)28(33-26)31-17-8-5-9-18-31/h4,6-7,10,12-15,20-21H,3,5,8-9,11,16-19H2,1-2H3,(H,29,32). The number of piperidine rings is 1. The van der Waals surface area contributed by atoms with Gasteiger partial charge in [-0.1, -0.05) is 42.5 Å². The Morgan fingerprint density at radius 2 is 1.82 bits per heavy atom. The number of carbonyl (C=O) groups is 1. The Kier molecular flexibility index (Phi) is 8.05. The van der Waals surface area contributed by atoms with Crippen molar-refractivity contribution in [2.45, 2.75) is 39.5 Å². The summed E-state index contributed by atoms with van der Waals surface area (Å²) in [6.07, 6.45) is 4.67. The number of rotatable bonds is 9. The van der Waals surface area contributed by atoms with E-state index < -0.39 is 0 Å². The van der Waals surface area contributed by atoms with E-state index in [9.17, 15) is 4.79 Å². The SMILES string of the molecule is CCN(CCCNC(=O)c1cc(-c2ccccc2)c(N2CCCCC2)s1)c1cccc(C)c1. The third kappa shape index (κ3) is 5.97. The number of amides is 1. The van der Waals surface area contributed by atoms with Crippen LogP contribution in [0.3, 0.4) is 0 Å². The van der Waals surface area contributed by atoms with Crippen LogP contribution in [0, 0.1) is 6.92 Å². The molecule has 4 rings (SSSR count). The van der Waals surface area contributed by atoms with Crippen LogP contribution in [0.2, 0.25) is 0 Å². The van der Waals surface area contributed by atoms with E-state index in [0.717, 1.165) is 37.5 Å². The van der Waals surface area contributed by atoms with Gasteiger partial charge >= 0.3 is 0 Å². The molecule has 1 N–H and O–H groups in total. The summed E-state index contributed by atoms with van der Waals surface area (Å²) in [5, 5.41) is 4.40. The Labute approximate surface area is 202 Å². The van der Waals surface area contributed by atoms with Crippen molar-refractivity contribution in [3.8, 4) is 11.1 Å². The number of thiophene rings is 1. The van der Waals surface area contributed by atoms with Crippen LogP contribution in [0.25, 0.3) is 11.1 Å². The van der Waals surface area contributed by atoms with Crippen LogP contribution in [0.4, 0.5) is 10.7 Å². The van der Waals surface area contributed by atoms with Gasteiger partial charge in [0.25, 0.3) is 5.91 Å². The zero-order chi connectivity index (χ0) is 23.0. The summed E-state index contributed by atoms with van der Waals surface area (Å²) in [5.41, 5.74) is 4.89. The summed E-state index contributed by atoms with van der Waals surface area (Å²) >= 11 is 1.64. The second kappa shape index (κ2) is 11.4. The highest BCUT2D eigenvalue weighted by Gasteiger charge is 2.21. The summed E-state index contributed by atoms with van der Waals surface area (Å²) in [4.78, 5) is 18.7. The summed E-state index contributed by atoms with van der Waals surface area (Å²) < 4.78 is 0. The molecule has 5 heteroatoms. The fourth-order valence-corrected chi connectivity index (χ4v) is 5.65. The number of hydrogen-bond donors (Lipinski definition) is 1. The van der Waals surface area contributed by atoms with Gasteiger partial charge in [-0.25, -0.2) is 0 Å². The van der Waals surface area contributed by atoms with E-state index in [1.54, 1.807) is 11.3 Å². The van der Waals surface area contributed by atoms with Crippen LogP contribution in [-0.4, -0.2) is 38.6 Å². The lowest BCUT2D eigenvalue weighted by Crippen LogP contribution is -2.29. The molecule has 0 spiro atoms. The van der Waals surface area contributed by atoms with Crippen molar-refractivity contribution >= 4 is 27.9 Å². The first-order valence-corrected chi connectivity index (χ1v) is 13.0. The van der Waals surface area contributed by atoms with Crippen molar-refractivity contribution in [3.05, 3.63) is 71.1 Å². The highest BCUT2D eigenvalue weighted by Crippen LogP contribution is 2.40. The highest BCUT2D eigenvalue weighted by molar-refractivity contribution is 7.18. The van der Waals surface area contributed by atoms with Crippen molar-refractivity contribution in [2.75, 3.05) is 42.5 Å². The topological polar surface area (TPSA) is 35.6 Å². The van der Waals surface area contributed by atoms with Gasteiger partial charge in [0.1, 0.15) is 0 Å². The highest BCUT2D eigenvalue weighted by atomic mass is 32.1. The van der Waals surface area contributed by atoms with Crippen LogP contribution >= 0.6 is 11.3 Å². The van der Waals surface area contributed by atoms with Crippen LogP contribution in [0.15, 0.2) is 60.7 Å². The molecule has 0 bridgehead atoms. The lowest BCUT2D eigenvalue weighted by atomic mass is 10.1. The van der Waals surface area contributed by atoms with Gasteiger partial charge in [0.2, 0.25) is 0 Å². The fourth-order valence-electron chi connectivity index (χ4n) is 4.50. The Bertz CT molecular complexity index is 1040. The minimum Gasteiger partial charge on any atom is -0.372 e. The van der Waals surface area contributed by atoms with Gasteiger partial charge in [-0.2, -0.15) is 0 Å². The molecule has 1 fully saturated rings. The molecule has 2 heterocycles. The molecule has 3 aromatic rings. The van der Waals surface area contributed by atoms with E-state index in [4.69, 9.17) is 0 Å². The van der Waals surface area contributed by atoms with E-state index in [-0.39, 0.29) is 5.91 Å². The molecule has 1 aliphatic rings. The quantitative estimate of drug-likeness (QED) is 0.377. The zero-order valence-electron chi connectivity index (χ0n) is 19.8. The van der Waals surface area contributed by atoms with Crippen LogP contribution in [0.1, 0.15) is 47.8 Å². The number of nitrogens with one attached hydrogen (secondary N) is 1.